The lowest BCUT2D eigenvalue weighted by atomic mass is 10.3. The van der Waals surface area contributed by atoms with Gasteiger partial charge in [-0.1, -0.05) is 0 Å². The van der Waals surface area contributed by atoms with Crippen molar-refractivity contribution >= 4 is 11.7 Å². The van der Waals surface area contributed by atoms with Crippen molar-refractivity contribution in [1.82, 2.24) is 4.98 Å². The van der Waals surface area contributed by atoms with Gasteiger partial charge in [0.05, 0.1) is 7.11 Å². The van der Waals surface area contributed by atoms with Crippen molar-refractivity contribution in [1.29, 1.82) is 0 Å². The van der Waals surface area contributed by atoms with Gasteiger partial charge in [-0.05, 0) is 0 Å². The van der Waals surface area contributed by atoms with Crippen LogP contribution in [0.3, 0.4) is 0 Å². The number of carboxylic acids is 1. The molecule has 0 radical (unpaired) electrons. The summed E-state index contributed by atoms with van der Waals surface area (Å²) < 4.78 is 4.81. The minimum atomic E-state index is -1.16. The fourth-order valence-corrected chi connectivity index (χ4v) is 0.804. The van der Waals surface area contributed by atoms with Gasteiger partial charge >= 0.3 is 5.97 Å². The van der Waals surface area contributed by atoms with Gasteiger partial charge in [0, 0.05) is 12.3 Å². The molecule has 5 nitrogen and oxygen atoms in total. The Hall–Kier alpha value is -1.78. The molecule has 0 aliphatic heterocycles. The Labute approximate surface area is 68.8 Å². The number of pyridine rings is 1. The van der Waals surface area contributed by atoms with Crippen molar-refractivity contribution < 1.29 is 14.6 Å². The number of nitrogen functional groups attached to an aromatic ring is 1. The normalized spacial score (nSPS) is 9.42. The van der Waals surface area contributed by atoms with Crippen LogP contribution in [0.15, 0.2) is 12.3 Å². The Morgan fingerprint density at radius 1 is 1.75 bits per heavy atom. The minimum Gasteiger partial charge on any atom is -0.494 e. The van der Waals surface area contributed by atoms with Crippen LogP contribution in [-0.4, -0.2) is 23.2 Å². The summed E-state index contributed by atoms with van der Waals surface area (Å²) in [6.07, 6.45) is 1.33. The van der Waals surface area contributed by atoms with Gasteiger partial charge in [-0.2, -0.15) is 0 Å². The van der Waals surface area contributed by atoms with Crippen LogP contribution in [0.1, 0.15) is 10.5 Å². The maximum absolute atomic E-state index is 10.5. The van der Waals surface area contributed by atoms with Crippen molar-refractivity contribution in [3.05, 3.63) is 18.0 Å². The first-order valence-corrected chi connectivity index (χ1v) is 3.18. The third kappa shape index (κ3) is 1.29. The monoisotopic (exact) mass is 168 g/mol. The molecule has 0 atom stereocenters. The summed E-state index contributed by atoms with van der Waals surface area (Å²) in [5, 5.41) is 8.59. The molecule has 0 saturated heterocycles. The predicted octanol–water partition coefficient (Wildman–Crippen LogP) is 0.371. The lowest BCUT2D eigenvalue weighted by molar-refractivity contribution is 0.0691. The SMILES string of the molecule is COc1ccnc(C(=O)O)c1N. The molecule has 1 aromatic rings. The van der Waals surface area contributed by atoms with Gasteiger partial charge in [-0.25, -0.2) is 9.78 Å². The van der Waals surface area contributed by atoms with Crippen LogP contribution in [-0.2, 0) is 0 Å². The number of carbonyl (C=O) groups is 1. The van der Waals surface area contributed by atoms with E-state index in [9.17, 15) is 4.79 Å². The van der Waals surface area contributed by atoms with Crippen molar-refractivity contribution in [3.63, 3.8) is 0 Å². The number of aromatic carboxylic acids is 1. The van der Waals surface area contributed by atoms with E-state index in [0.717, 1.165) is 0 Å². The molecular formula is C7H8N2O3. The van der Waals surface area contributed by atoms with Crippen LogP contribution in [0.25, 0.3) is 0 Å². The van der Waals surface area contributed by atoms with Crippen LogP contribution in [0.4, 0.5) is 5.69 Å². The van der Waals surface area contributed by atoms with E-state index in [0.29, 0.717) is 5.75 Å². The summed E-state index contributed by atoms with van der Waals surface area (Å²) in [5.74, 6) is -0.839. The Balaban J connectivity index is 3.23. The van der Waals surface area contributed by atoms with Crippen LogP contribution < -0.4 is 10.5 Å². The zero-order valence-electron chi connectivity index (χ0n) is 6.44. The molecule has 1 heterocycles. The van der Waals surface area contributed by atoms with Crippen LogP contribution in [0, 0.1) is 0 Å². The second kappa shape index (κ2) is 3.08. The highest BCUT2D eigenvalue weighted by Crippen LogP contribution is 2.22. The quantitative estimate of drug-likeness (QED) is 0.666. The van der Waals surface area contributed by atoms with Gasteiger partial charge in [0.2, 0.25) is 0 Å². The first kappa shape index (κ1) is 8.32. The summed E-state index contributed by atoms with van der Waals surface area (Å²) in [6, 6.07) is 1.50. The average Bonchev–Trinajstić information content (AvgIpc) is 2.04. The maximum atomic E-state index is 10.5. The fraction of sp³-hybridized carbons (Fsp3) is 0.143. The van der Waals surface area contributed by atoms with E-state index in [2.05, 4.69) is 4.98 Å². The van der Waals surface area contributed by atoms with Crippen molar-refractivity contribution in [2.75, 3.05) is 12.8 Å². The molecule has 12 heavy (non-hydrogen) atoms. The summed E-state index contributed by atoms with van der Waals surface area (Å²) >= 11 is 0. The zero-order valence-corrected chi connectivity index (χ0v) is 6.44. The van der Waals surface area contributed by atoms with E-state index in [1.807, 2.05) is 0 Å². The molecule has 1 rings (SSSR count). The second-order valence-corrected chi connectivity index (χ2v) is 2.08. The smallest absolute Gasteiger partial charge is 0.356 e. The zero-order chi connectivity index (χ0) is 9.14. The highest BCUT2D eigenvalue weighted by molar-refractivity contribution is 5.92. The van der Waals surface area contributed by atoms with Crippen LogP contribution >= 0.6 is 0 Å². The maximum Gasteiger partial charge on any atom is 0.356 e. The summed E-state index contributed by atoms with van der Waals surface area (Å²) in [5.41, 5.74) is 5.29. The number of hydrogen-bond donors (Lipinski definition) is 2. The molecule has 0 aliphatic rings. The number of anilines is 1. The molecule has 5 heteroatoms. The predicted molar refractivity (Wildman–Crippen MR) is 42.2 cm³/mol. The number of nitrogens with two attached hydrogens (primary N) is 1. The molecule has 0 aromatic carbocycles. The summed E-state index contributed by atoms with van der Waals surface area (Å²) in [7, 11) is 1.41. The number of aromatic nitrogens is 1. The number of carboxylic acid groups (broad SMARTS) is 1. The number of rotatable bonds is 2. The van der Waals surface area contributed by atoms with Crippen molar-refractivity contribution in [3.8, 4) is 5.75 Å². The average molecular weight is 168 g/mol. The van der Waals surface area contributed by atoms with Gasteiger partial charge < -0.3 is 15.6 Å². The van der Waals surface area contributed by atoms with Gasteiger partial charge in [0.25, 0.3) is 0 Å². The molecule has 64 valence electrons. The summed E-state index contributed by atoms with van der Waals surface area (Å²) in [4.78, 5) is 14.1. The molecule has 0 unspecified atom stereocenters. The largest absolute Gasteiger partial charge is 0.494 e. The number of methoxy groups -OCH3 is 1. The van der Waals surface area contributed by atoms with Crippen molar-refractivity contribution in [2.24, 2.45) is 0 Å². The number of hydrogen-bond acceptors (Lipinski definition) is 4. The Morgan fingerprint density at radius 2 is 2.42 bits per heavy atom. The Kier molecular flexibility index (Phi) is 2.14. The Morgan fingerprint density at radius 3 is 2.92 bits per heavy atom. The van der Waals surface area contributed by atoms with E-state index >= 15 is 0 Å². The van der Waals surface area contributed by atoms with Crippen LogP contribution in [0.5, 0.6) is 5.75 Å². The third-order valence-corrected chi connectivity index (χ3v) is 1.37. The number of ether oxygens (including phenoxy) is 1. The first-order valence-electron chi connectivity index (χ1n) is 3.18. The third-order valence-electron chi connectivity index (χ3n) is 1.37. The first-order chi connectivity index (χ1) is 5.66. The van der Waals surface area contributed by atoms with E-state index in [1.165, 1.54) is 19.4 Å². The van der Waals surface area contributed by atoms with Gasteiger partial charge in [0.1, 0.15) is 11.4 Å². The van der Waals surface area contributed by atoms with Crippen molar-refractivity contribution in [2.45, 2.75) is 0 Å². The van der Waals surface area contributed by atoms with Gasteiger partial charge in [-0.15, -0.1) is 0 Å². The molecule has 0 saturated carbocycles. The molecule has 0 bridgehead atoms. The minimum absolute atomic E-state index is 0.0486. The molecule has 0 spiro atoms. The van der Waals surface area contributed by atoms with E-state index < -0.39 is 5.97 Å². The molecule has 0 aliphatic carbocycles. The highest BCUT2D eigenvalue weighted by Gasteiger charge is 2.12. The van der Waals surface area contributed by atoms with Crippen LogP contribution in [0.2, 0.25) is 0 Å². The standard InChI is InChI=1S/C7H8N2O3/c1-12-4-2-3-9-6(5(4)8)7(10)11/h2-3H,8H2,1H3,(H,10,11). The lowest BCUT2D eigenvalue weighted by Crippen LogP contribution is -2.06. The Bertz CT molecular complexity index is 312. The van der Waals surface area contributed by atoms with E-state index in [-0.39, 0.29) is 11.4 Å². The fourth-order valence-electron chi connectivity index (χ4n) is 0.804. The molecule has 3 N–H and O–H groups in total. The van der Waals surface area contributed by atoms with E-state index in [4.69, 9.17) is 15.6 Å². The topological polar surface area (TPSA) is 85.4 Å². The molecule has 0 fully saturated rings. The van der Waals surface area contributed by atoms with E-state index in [1.54, 1.807) is 0 Å². The lowest BCUT2D eigenvalue weighted by Gasteiger charge is -2.04. The highest BCUT2D eigenvalue weighted by atomic mass is 16.5. The molecular weight excluding hydrogens is 160 g/mol. The molecule has 0 amide bonds. The number of nitrogens with zero attached hydrogens (tertiary/aromatic N) is 1. The second-order valence-electron chi connectivity index (χ2n) is 2.08. The van der Waals surface area contributed by atoms with Gasteiger partial charge in [0.15, 0.2) is 5.69 Å². The van der Waals surface area contributed by atoms with Gasteiger partial charge in [-0.3, -0.25) is 0 Å². The molecule has 1 aromatic heterocycles. The summed E-state index contributed by atoms with van der Waals surface area (Å²) in [6.45, 7) is 0.